The Labute approximate surface area is 218 Å². The number of pyridine rings is 1. The van der Waals surface area contributed by atoms with Crippen molar-refractivity contribution in [2.75, 3.05) is 31.1 Å². The molecule has 2 N–H and O–H groups in total. The third-order valence-corrected chi connectivity index (χ3v) is 6.10. The molecule has 0 fully saturated rings. The van der Waals surface area contributed by atoms with E-state index in [1.807, 2.05) is 6.92 Å². The van der Waals surface area contributed by atoms with E-state index < -0.39 is 23.4 Å². The minimum absolute atomic E-state index is 0.0256. The van der Waals surface area contributed by atoms with Gasteiger partial charge in [-0.25, -0.2) is 13.6 Å². The molecule has 0 radical (unpaired) electrons. The van der Waals surface area contributed by atoms with Gasteiger partial charge in [0.2, 0.25) is 0 Å². The van der Waals surface area contributed by atoms with Gasteiger partial charge < -0.3 is 19.7 Å². The van der Waals surface area contributed by atoms with E-state index in [1.54, 1.807) is 32.3 Å². The molecule has 12 heteroatoms. The number of methoxy groups -OCH3 is 2. The molecule has 4 rings (SSSR count). The SMILES string of the molecule is CCc1cc(CN2C(=O)N(c3c(F)c(OC)cc(OC)c3F)Cc3cnc(C(C=NC)=C(C)N)cc32)no1. The molecule has 1 aromatic carbocycles. The van der Waals surface area contributed by atoms with Crippen molar-refractivity contribution in [1.29, 1.82) is 0 Å². The number of carbonyl (C=O) groups excluding carboxylic acids is 1. The Morgan fingerprint density at radius 1 is 1.21 bits per heavy atom. The number of halogens is 2. The Hall–Kier alpha value is -4.48. The smallest absolute Gasteiger partial charge is 0.329 e. The van der Waals surface area contributed by atoms with Crippen LogP contribution in [0.4, 0.5) is 25.0 Å². The van der Waals surface area contributed by atoms with Crippen LogP contribution >= 0.6 is 0 Å². The number of urea groups is 1. The van der Waals surface area contributed by atoms with Crippen LogP contribution in [0.2, 0.25) is 0 Å². The fraction of sp³-hybridized carbons (Fsp3) is 0.308. The second kappa shape index (κ2) is 10.9. The number of hydrogen-bond donors (Lipinski definition) is 1. The summed E-state index contributed by atoms with van der Waals surface area (Å²) in [5.41, 5.74) is 8.48. The van der Waals surface area contributed by atoms with Crippen molar-refractivity contribution in [1.82, 2.24) is 10.1 Å². The summed E-state index contributed by atoms with van der Waals surface area (Å²) in [5, 5.41) is 4.05. The van der Waals surface area contributed by atoms with Gasteiger partial charge in [0, 0.05) is 54.8 Å². The van der Waals surface area contributed by atoms with Crippen molar-refractivity contribution < 1.29 is 27.6 Å². The summed E-state index contributed by atoms with van der Waals surface area (Å²) in [6.45, 7) is 3.43. The van der Waals surface area contributed by atoms with Crippen LogP contribution in [0, 0.1) is 11.6 Å². The normalized spacial score (nSPS) is 14.1. The number of ether oxygens (including phenoxy) is 2. The van der Waals surface area contributed by atoms with E-state index in [9.17, 15) is 4.79 Å². The Morgan fingerprint density at radius 2 is 1.89 bits per heavy atom. The highest BCUT2D eigenvalue weighted by molar-refractivity contribution is 6.11. The average molecular weight is 527 g/mol. The van der Waals surface area contributed by atoms with Gasteiger partial charge in [-0.2, -0.15) is 0 Å². The average Bonchev–Trinajstić information content (AvgIpc) is 3.37. The lowest BCUT2D eigenvalue weighted by atomic mass is 10.0. The molecule has 2 aromatic heterocycles. The van der Waals surface area contributed by atoms with Gasteiger partial charge in [0.25, 0.3) is 0 Å². The highest BCUT2D eigenvalue weighted by Gasteiger charge is 2.37. The van der Waals surface area contributed by atoms with Crippen molar-refractivity contribution in [3.63, 3.8) is 0 Å². The van der Waals surface area contributed by atoms with E-state index in [1.165, 1.54) is 25.3 Å². The zero-order valence-corrected chi connectivity index (χ0v) is 21.7. The van der Waals surface area contributed by atoms with Gasteiger partial charge in [0.15, 0.2) is 23.1 Å². The Kier molecular flexibility index (Phi) is 7.60. The molecule has 0 bridgehead atoms. The minimum atomic E-state index is -1.04. The molecule has 0 spiro atoms. The Balaban J connectivity index is 1.89. The number of benzene rings is 1. The van der Waals surface area contributed by atoms with Crippen molar-refractivity contribution in [3.05, 3.63) is 64.4 Å². The number of aromatic nitrogens is 2. The predicted molar refractivity (Wildman–Crippen MR) is 139 cm³/mol. The van der Waals surface area contributed by atoms with E-state index in [2.05, 4.69) is 15.1 Å². The maximum atomic E-state index is 15.4. The van der Waals surface area contributed by atoms with E-state index >= 15 is 8.78 Å². The zero-order valence-electron chi connectivity index (χ0n) is 21.7. The Bertz CT molecular complexity index is 1400. The monoisotopic (exact) mass is 526 g/mol. The second-order valence-corrected chi connectivity index (χ2v) is 8.53. The molecule has 10 nitrogen and oxygen atoms in total. The number of amides is 2. The van der Waals surface area contributed by atoms with Crippen molar-refractivity contribution in [3.8, 4) is 11.5 Å². The van der Waals surface area contributed by atoms with E-state index in [4.69, 9.17) is 19.7 Å². The van der Waals surface area contributed by atoms with Crippen LogP contribution in [0.3, 0.4) is 0 Å². The summed E-state index contributed by atoms with van der Waals surface area (Å²) < 4.78 is 46.3. The number of aliphatic imine (C=N–C) groups is 1. The largest absolute Gasteiger partial charge is 0.493 e. The number of allylic oxidation sites excluding steroid dienone is 2. The maximum Gasteiger partial charge on any atom is 0.329 e. The molecule has 1 aliphatic heterocycles. The lowest BCUT2D eigenvalue weighted by molar-refractivity contribution is 0.249. The molecular weight excluding hydrogens is 498 g/mol. The number of aryl methyl sites for hydroxylation is 1. The molecule has 3 aromatic rings. The van der Waals surface area contributed by atoms with Crippen LogP contribution in [0.5, 0.6) is 11.5 Å². The first-order valence-electron chi connectivity index (χ1n) is 11.7. The van der Waals surface area contributed by atoms with E-state index in [0.29, 0.717) is 46.1 Å². The third-order valence-electron chi connectivity index (χ3n) is 6.10. The van der Waals surface area contributed by atoms with Gasteiger partial charge in [-0.3, -0.25) is 19.8 Å². The van der Waals surface area contributed by atoms with Gasteiger partial charge >= 0.3 is 6.03 Å². The molecule has 0 atom stereocenters. The predicted octanol–water partition coefficient (Wildman–Crippen LogP) is 4.46. The molecule has 0 saturated heterocycles. The van der Waals surface area contributed by atoms with Gasteiger partial charge in [0.05, 0.1) is 38.7 Å². The second-order valence-electron chi connectivity index (χ2n) is 8.53. The van der Waals surface area contributed by atoms with Gasteiger partial charge in [-0.1, -0.05) is 12.1 Å². The summed E-state index contributed by atoms with van der Waals surface area (Å²) in [5.74, 6) is -1.98. The number of anilines is 2. The van der Waals surface area contributed by atoms with E-state index in [-0.39, 0.29) is 24.6 Å². The molecule has 200 valence electrons. The first-order chi connectivity index (χ1) is 18.2. The molecule has 0 aliphatic carbocycles. The molecule has 0 saturated carbocycles. The van der Waals surface area contributed by atoms with Crippen LogP contribution in [0.1, 0.15) is 36.6 Å². The highest BCUT2D eigenvalue weighted by atomic mass is 19.1. The number of nitrogens with two attached hydrogens (primary N) is 1. The standard InChI is InChI=1S/C26H28F2N6O4/c1-6-17-7-16(32-38-17)13-33-20-8-19(18(11-30-3)14(2)29)31-10-15(20)12-34(26(33)35)25-23(27)21(36-4)9-22(37-5)24(25)28/h7-11H,6,12-13,29H2,1-5H3. The van der Waals surface area contributed by atoms with Gasteiger partial charge in [-0.15, -0.1) is 0 Å². The van der Waals surface area contributed by atoms with Crippen molar-refractivity contribution in [2.45, 2.75) is 33.4 Å². The first kappa shape index (κ1) is 26.6. The summed E-state index contributed by atoms with van der Waals surface area (Å²) in [6, 6.07) is 3.81. The van der Waals surface area contributed by atoms with Crippen molar-refractivity contribution >= 4 is 29.2 Å². The van der Waals surface area contributed by atoms with Gasteiger partial charge in [0.1, 0.15) is 17.1 Å². The van der Waals surface area contributed by atoms with Crippen LogP contribution in [-0.4, -0.2) is 43.7 Å². The van der Waals surface area contributed by atoms with Crippen LogP contribution in [0.25, 0.3) is 5.57 Å². The maximum absolute atomic E-state index is 15.4. The Morgan fingerprint density at radius 3 is 2.45 bits per heavy atom. The van der Waals surface area contributed by atoms with Crippen molar-refractivity contribution in [2.24, 2.45) is 10.7 Å². The summed E-state index contributed by atoms with van der Waals surface area (Å²) >= 11 is 0. The summed E-state index contributed by atoms with van der Waals surface area (Å²) in [7, 11) is 4.09. The van der Waals surface area contributed by atoms with Crippen LogP contribution in [-0.2, 0) is 19.5 Å². The number of hydrogen-bond acceptors (Lipinski definition) is 8. The van der Waals surface area contributed by atoms with Gasteiger partial charge in [-0.05, 0) is 13.0 Å². The minimum Gasteiger partial charge on any atom is -0.493 e. The number of nitrogens with zero attached hydrogens (tertiary/aromatic N) is 5. The quantitative estimate of drug-likeness (QED) is 0.430. The van der Waals surface area contributed by atoms with E-state index in [0.717, 1.165) is 11.0 Å². The molecular formula is C26H28F2N6O4. The molecule has 1 aliphatic rings. The lowest BCUT2D eigenvalue weighted by Gasteiger charge is -2.37. The molecule has 3 heterocycles. The number of fused-ring (bicyclic) bond motifs is 1. The number of rotatable bonds is 8. The van der Waals surface area contributed by atoms with Crippen LogP contribution < -0.4 is 25.0 Å². The lowest BCUT2D eigenvalue weighted by Crippen LogP contribution is -2.48. The molecule has 38 heavy (non-hydrogen) atoms. The third kappa shape index (κ3) is 4.76. The topological polar surface area (TPSA) is 119 Å². The zero-order chi connectivity index (χ0) is 27.6. The first-order valence-corrected chi connectivity index (χ1v) is 11.7. The molecule has 0 unspecified atom stereocenters. The fourth-order valence-corrected chi connectivity index (χ4v) is 4.18. The fourth-order valence-electron chi connectivity index (χ4n) is 4.18. The number of carbonyl (C=O) groups is 1. The summed E-state index contributed by atoms with van der Waals surface area (Å²) in [4.78, 5) is 24.8. The highest BCUT2D eigenvalue weighted by Crippen LogP contribution is 2.41. The van der Waals surface area contributed by atoms with Crippen LogP contribution in [0.15, 0.2) is 39.6 Å². The molecule has 2 amide bonds. The summed E-state index contributed by atoms with van der Waals surface area (Å²) in [6.07, 6.45) is 3.72.